The zero-order chi connectivity index (χ0) is 16.9. The lowest BCUT2D eigenvalue weighted by Gasteiger charge is -2.22. The number of aryl methyl sites for hydroxylation is 1. The average Bonchev–Trinajstić information content (AvgIpc) is 3.34. The van der Waals surface area contributed by atoms with E-state index < -0.39 is 0 Å². The van der Waals surface area contributed by atoms with E-state index in [1.54, 1.807) is 11.1 Å². The summed E-state index contributed by atoms with van der Waals surface area (Å²) in [5, 5.41) is 6.21. The molecule has 1 heterocycles. The number of aromatic nitrogens is 1. The third-order valence-electron chi connectivity index (χ3n) is 3.72. The Hall–Kier alpha value is -2.41. The predicted octanol–water partition coefficient (Wildman–Crippen LogP) is 2.76. The van der Waals surface area contributed by atoms with Crippen LogP contribution in [0.3, 0.4) is 0 Å². The molecule has 3 rings (SSSR count). The van der Waals surface area contributed by atoms with Crippen LogP contribution in [0.4, 0.5) is 9.93 Å². The summed E-state index contributed by atoms with van der Waals surface area (Å²) in [5.74, 6) is -0.217. The third kappa shape index (κ3) is 4.55. The van der Waals surface area contributed by atoms with Gasteiger partial charge >= 0.3 is 6.03 Å². The molecule has 126 valence electrons. The molecule has 1 aromatic heterocycles. The van der Waals surface area contributed by atoms with Gasteiger partial charge in [-0.3, -0.25) is 4.79 Å². The van der Waals surface area contributed by atoms with Crippen LogP contribution in [-0.2, 0) is 11.3 Å². The van der Waals surface area contributed by atoms with Crippen LogP contribution >= 0.6 is 11.3 Å². The minimum absolute atomic E-state index is 0.0456. The maximum absolute atomic E-state index is 12.4. The van der Waals surface area contributed by atoms with Crippen molar-refractivity contribution in [2.75, 3.05) is 11.9 Å². The topological polar surface area (TPSA) is 74.3 Å². The van der Waals surface area contributed by atoms with E-state index in [1.165, 1.54) is 11.3 Å². The summed E-state index contributed by atoms with van der Waals surface area (Å²) in [7, 11) is 0. The summed E-state index contributed by atoms with van der Waals surface area (Å²) in [6.07, 6.45) is 3.61. The number of amides is 3. The number of hydrogen-bond donors (Lipinski definition) is 2. The first-order valence-electron chi connectivity index (χ1n) is 7.92. The maximum Gasteiger partial charge on any atom is 0.318 e. The molecule has 1 fully saturated rings. The SMILES string of the molecule is Cc1cnc(NC(=O)CN(C(=O)NCc2ccccc2)C2CC2)s1. The van der Waals surface area contributed by atoms with E-state index >= 15 is 0 Å². The van der Waals surface area contributed by atoms with E-state index in [2.05, 4.69) is 15.6 Å². The molecule has 0 bridgehead atoms. The van der Waals surface area contributed by atoms with Crippen molar-refractivity contribution in [3.8, 4) is 0 Å². The van der Waals surface area contributed by atoms with Gasteiger partial charge in [-0.25, -0.2) is 9.78 Å². The van der Waals surface area contributed by atoms with Crippen molar-refractivity contribution in [2.24, 2.45) is 0 Å². The maximum atomic E-state index is 12.4. The van der Waals surface area contributed by atoms with Gasteiger partial charge in [-0.05, 0) is 25.3 Å². The Balaban J connectivity index is 1.54. The number of carbonyl (C=O) groups excluding carboxylic acids is 2. The van der Waals surface area contributed by atoms with Gasteiger partial charge < -0.3 is 15.5 Å². The van der Waals surface area contributed by atoms with E-state index in [1.807, 2.05) is 37.3 Å². The molecule has 7 heteroatoms. The molecule has 24 heavy (non-hydrogen) atoms. The minimum Gasteiger partial charge on any atom is -0.334 e. The number of thiazole rings is 1. The monoisotopic (exact) mass is 344 g/mol. The van der Waals surface area contributed by atoms with Crippen molar-refractivity contribution >= 4 is 28.4 Å². The molecule has 2 aromatic rings. The van der Waals surface area contributed by atoms with Crippen molar-refractivity contribution in [1.82, 2.24) is 15.2 Å². The van der Waals surface area contributed by atoms with Crippen LogP contribution in [0.15, 0.2) is 36.5 Å². The Kier molecular flexibility index (Phi) is 5.10. The van der Waals surface area contributed by atoms with Gasteiger partial charge in [-0.15, -0.1) is 11.3 Å². The summed E-state index contributed by atoms with van der Waals surface area (Å²) >= 11 is 1.42. The second-order valence-corrected chi connectivity index (χ2v) is 7.06. The van der Waals surface area contributed by atoms with Gasteiger partial charge in [0.2, 0.25) is 5.91 Å². The van der Waals surface area contributed by atoms with Gasteiger partial charge in [0.15, 0.2) is 5.13 Å². The number of carbonyl (C=O) groups is 2. The Morgan fingerprint density at radius 3 is 2.67 bits per heavy atom. The Bertz CT molecular complexity index is 712. The molecular weight excluding hydrogens is 324 g/mol. The molecule has 0 saturated heterocycles. The normalized spacial score (nSPS) is 13.4. The van der Waals surface area contributed by atoms with E-state index in [0.29, 0.717) is 11.7 Å². The van der Waals surface area contributed by atoms with E-state index in [-0.39, 0.29) is 24.5 Å². The lowest BCUT2D eigenvalue weighted by atomic mass is 10.2. The number of hydrogen-bond acceptors (Lipinski definition) is 4. The molecule has 1 aliphatic carbocycles. The lowest BCUT2D eigenvalue weighted by molar-refractivity contribution is -0.116. The van der Waals surface area contributed by atoms with E-state index in [0.717, 1.165) is 23.3 Å². The van der Waals surface area contributed by atoms with Gasteiger partial charge in [-0.2, -0.15) is 0 Å². The van der Waals surface area contributed by atoms with Crippen LogP contribution in [0.25, 0.3) is 0 Å². The fourth-order valence-electron chi connectivity index (χ4n) is 2.35. The van der Waals surface area contributed by atoms with Gasteiger partial charge in [-0.1, -0.05) is 30.3 Å². The highest BCUT2D eigenvalue weighted by molar-refractivity contribution is 7.15. The van der Waals surface area contributed by atoms with Crippen LogP contribution < -0.4 is 10.6 Å². The predicted molar refractivity (Wildman–Crippen MR) is 93.9 cm³/mol. The highest BCUT2D eigenvalue weighted by atomic mass is 32.1. The van der Waals surface area contributed by atoms with Gasteiger partial charge in [0.1, 0.15) is 6.54 Å². The summed E-state index contributed by atoms with van der Waals surface area (Å²) in [5.41, 5.74) is 1.03. The number of nitrogens with one attached hydrogen (secondary N) is 2. The number of anilines is 1. The molecule has 1 aliphatic rings. The largest absolute Gasteiger partial charge is 0.334 e. The zero-order valence-electron chi connectivity index (χ0n) is 13.5. The summed E-state index contributed by atoms with van der Waals surface area (Å²) in [6, 6.07) is 9.68. The molecule has 0 spiro atoms. The lowest BCUT2D eigenvalue weighted by Crippen LogP contribution is -2.45. The molecule has 1 saturated carbocycles. The zero-order valence-corrected chi connectivity index (χ0v) is 14.3. The number of benzene rings is 1. The van der Waals surface area contributed by atoms with Crippen molar-refractivity contribution in [3.63, 3.8) is 0 Å². The van der Waals surface area contributed by atoms with Crippen LogP contribution in [0.5, 0.6) is 0 Å². The van der Waals surface area contributed by atoms with Gasteiger partial charge in [0.25, 0.3) is 0 Å². The molecule has 0 atom stereocenters. The highest BCUT2D eigenvalue weighted by Gasteiger charge is 2.33. The first-order chi connectivity index (χ1) is 11.6. The molecule has 0 radical (unpaired) electrons. The van der Waals surface area contributed by atoms with Gasteiger partial charge in [0.05, 0.1) is 0 Å². The summed E-state index contributed by atoms with van der Waals surface area (Å²) in [4.78, 5) is 31.3. The molecule has 1 aromatic carbocycles. The van der Waals surface area contributed by atoms with Crippen molar-refractivity contribution in [3.05, 3.63) is 47.0 Å². The fraction of sp³-hybridized carbons (Fsp3) is 0.353. The van der Waals surface area contributed by atoms with Crippen molar-refractivity contribution in [1.29, 1.82) is 0 Å². The van der Waals surface area contributed by atoms with Gasteiger partial charge in [0, 0.05) is 23.7 Å². The highest BCUT2D eigenvalue weighted by Crippen LogP contribution is 2.27. The first-order valence-corrected chi connectivity index (χ1v) is 8.74. The first kappa shape index (κ1) is 16.4. The van der Waals surface area contributed by atoms with Crippen LogP contribution in [0.2, 0.25) is 0 Å². The quantitative estimate of drug-likeness (QED) is 0.846. The molecule has 6 nitrogen and oxygen atoms in total. The Morgan fingerprint density at radius 2 is 2.04 bits per heavy atom. The average molecular weight is 344 g/mol. The van der Waals surface area contributed by atoms with E-state index in [9.17, 15) is 9.59 Å². The number of rotatable bonds is 6. The Labute approximate surface area is 144 Å². The number of urea groups is 1. The number of nitrogens with zero attached hydrogens (tertiary/aromatic N) is 2. The third-order valence-corrected chi connectivity index (χ3v) is 4.54. The molecular formula is C17H20N4O2S. The smallest absolute Gasteiger partial charge is 0.318 e. The fourth-order valence-corrected chi connectivity index (χ4v) is 3.03. The summed E-state index contributed by atoms with van der Waals surface area (Å²) < 4.78 is 0. The minimum atomic E-state index is -0.217. The molecule has 3 amide bonds. The molecule has 2 N–H and O–H groups in total. The van der Waals surface area contributed by atoms with Crippen LogP contribution in [-0.4, -0.2) is 34.4 Å². The van der Waals surface area contributed by atoms with Crippen LogP contribution in [0, 0.1) is 6.92 Å². The second-order valence-electron chi connectivity index (χ2n) is 5.83. The van der Waals surface area contributed by atoms with E-state index in [4.69, 9.17) is 0 Å². The molecule has 0 aliphatic heterocycles. The van der Waals surface area contributed by atoms with Crippen molar-refractivity contribution in [2.45, 2.75) is 32.4 Å². The standard InChI is InChI=1S/C17H20N4O2S/c1-12-9-18-16(24-12)20-15(22)11-21(14-7-8-14)17(23)19-10-13-5-3-2-4-6-13/h2-6,9,14H,7-8,10-11H2,1H3,(H,19,23)(H,18,20,22). The van der Waals surface area contributed by atoms with Crippen molar-refractivity contribution < 1.29 is 9.59 Å². The Morgan fingerprint density at radius 1 is 1.29 bits per heavy atom. The summed E-state index contributed by atoms with van der Waals surface area (Å²) in [6.45, 7) is 2.43. The second kappa shape index (κ2) is 7.44. The van der Waals surface area contributed by atoms with Crippen LogP contribution in [0.1, 0.15) is 23.3 Å². The molecule has 0 unspecified atom stereocenters.